The monoisotopic (exact) mass is 925 g/mol. The van der Waals surface area contributed by atoms with Gasteiger partial charge in [-0.2, -0.15) is 0 Å². The minimum absolute atomic E-state index is 0.0110. The fourth-order valence-electron chi connectivity index (χ4n) is 9.71. The van der Waals surface area contributed by atoms with Gasteiger partial charge in [-0.25, -0.2) is 0 Å². The van der Waals surface area contributed by atoms with Crippen molar-refractivity contribution in [3.8, 4) is 0 Å². The Kier molecular flexibility index (Phi) is 18.3. The number of nitrogens with zero attached hydrogens (tertiary/aromatic N) is 2. The quantitative estimate of drug-likeness (QED) is 0.0642. The highest BCUT2D eigenvalue weighted by atomic mass is 16.3. The number of carbonyl (C=O) groups excluding carboxylic acids is 7. The maximum absolute atomic E-state index is 14.7. The maximum atomic E-state index is 14.7. The summed E-state index contributed by atoms with van der Waals surface area (Å²) < 4.78 is 0. The number of ketones is 1. The van der Waals surface area contributed by atoms with E-state index >= 15 is 0 Å². The molecule has 362 valence electrons. The molecule has 6 amide bonds. The largest absolute Gasteiger partial charge is 0.391 e. The van der Waals surface area contributed by atoms with E-state index in [0.29, 0.717) is 18.8 Å². The van der Waals surface area contributed by atoms with E-state index in [0.717, 1.165) is 54.1 Å². The molecular weight excluding hydrogens is 857 g/mol. The van der Waals surface area contributed by atoms with Crippen molar-refractivity contribution in [1.29, 1.82) is 0 Å². The molecular formula is C49H68N10O8. The van der Waals surface area contributed by atoms with Crippen LogP contribution in [0, 0.1) is 11.8 Å². The maximum Gasteiger partial charge on any atom is 0.245 e. The van der Waals surface area contributed by atoms with Gasteiger partial charge in [0.05, 0.1) is 12.1 Å². The van der Waals surface area contributed by atoms with Crippen LogP contribution in [0.4, 0.5) is 0 Å². The number of aliphatic hydroxyl groups excluding tert-OH is 1. The number of nitrogens with one attached hydrogen (secondary N) is 6. The van der Waals surface area contributed by atoms with Crippen LogP contribution < -0.4 is 38.1 Å². The summed E-state index contributed by atoms with van der Waals surface area (Å²) in [6, 6.07) is 11.0. The molecule has 3 aliphatic rings. The minimum atomic E-state index is -1.23. The second kappa shape index (κ2) is 24.5. The van der Waals surface area contributed by atoms with Gasteiger partial charge in [-0.3, -0.25) is 38.6 Å². The molecule has 1 aliphatic carbocycles. The van der Waals surface area contributed by atoms with E-state index in [2.05, 4.69) is 36.6 Å². The molecule has 1 aromatic heterocycles. The van der Waals surface area contributed by atoms with Crippen LogP contribution in [0.2, 0.25) is 0 Å². The first-order valence-electron chi connectivity index (χ1n) is 23.9. The summed E-state index contributed by atoms with van der Waals surface area (Å²) in [5.74, 6) is -4.35. The highest BCUT2D eigenvalue weighted by molar-refractivity contribution is 5.98. The Hall–Kier alpha value is -6.30. The number of Topliss-reactive ketones (excluding diaryl/α,β-unsaturated/α-hetero) is 1. The van der Waals surface area contributed by atoms with Crippen LogP contribution in [0.5, 0.6) is 0 Å². The molecule has 0 bridgehead atoms. The van der Waals surface area contributed by atoms with Gasteiger partial charge < -0.3 is 53.0 Å². The Balaban J connectivity index is 1.32. The van der Waals surface area contributed by atoms with Crippen molar-refractivity contribution in [1.82, 2.24) is 36.5 Å². The van der Waals surface area contributed by atoms with Gasteiger partial charge in [-0.15, -0.1) is 0 Å². The lowest BCUT2D eigenvalue weighted by atomic mass is 9.85. The number of aromatic amines is 1. The molecule has 67 heavy (non-hydrogen) atoms. The van der Waals surface area contributed by atoms with Crippen LogP contribution in [0.1, 0.15) is 102 Å². The van der Waals surface area contributed by atoms with Gasteiger partial charge in [-0.05, 0) is 61.6 Å². The second-order valence-electron chi connectivity index (χ2n) is 18.4. The second-order valence-corrected chi connectivity index (χ2v) is 18.4. The number of aliphatic imine (C=N–C) groups is 1. The SMILES string of the molecule is CC(=O)N[C@@H](Cc1ccccc1)C(=O)N[C@H]1CCCNC(=O)[C@H](CCCN=C(N)N)CC(=O)[C@H](Cc2c[nH]c3ccccc23)NC(=O)[C@@H](CCC2CCCCC2)NC(=O)[C@@H]2C[C@@H](O)CN2C1=O. The van der Waals surface area contributed by atoms with Crippen LogP contribution in [-0.2, 0) is 46.4 Å². The zero-order valence-electron chi connectivity index (χ0n) is 38.5. The third-order valence-corrected chi connectivity index (χ3v) is 13.3. The number of carbonyl (C=O) groups is 7. The molecule has 0 radical (unpaired) electrons. The highest BCUT2D eigenvalue weighted by Crippen LogP contribution is 2.29. The number of aliphatic hydroxyl groups is 1. The van der Waals surface area contributed by atoms with E-state index in [1.807, 2.05) is 54.6 Å². The van der Waals surface area contributed by atoms with Crippen molar-refractivity contribution in [2.75, 3.05) is 19.6 Å². The Morgan fingerprint density at radius 3 is 2.34 bits per heavy atom. The Morgan fingerprint density at radius 1 is 0.866 bits per heavy atom. The molecule has 0 unspecified atom stereocenters. The number of rotatable bonds is 14. The molecule has 2 saturated heterocycles. The van der Waals surface area contributed by atoms with E-state index in [1.54, 1.807) is 6.20 Å². The molecule has 18 heteroatoms. The molecule has 7 atom stereocenters. The van der Waals surface area contributed by atoms with Gasteiger partial charge in [0.25, 0.3) is 0 Å². The molecule has 11 N–H and O–H groups in total. The van der Waals surface area contributed by atoms with Crippen molar-refractivity contribution in [3.05, 3.63) is 71.9 Å². The molecule has 6 rings (SSSR count). The smallest absolute Gasteiger partial charge is 0.245 e. The Labute approximate surface area is 391 Å². The molecule has 2 aromatic carbocycles. The van der Waals surface area contributed by atoms with Crippen molar-refractivity contribution >= 4 is 58.1 Å². The first kappa shape index (κ1) is 50.1. The van der Waals surface area contributed by atoms with Crippen LogP contribution in [0.25, 0.3) is 10.9 Å². The topological polar surface area (TPSA) is 283 Å². The first-order chi connectivity index (χ1) is 32.2. The molecule has 2 aliphatic heterocycles. The van der Waals surface area contributed by atoms with Crippen molar-refractivity contribution in [2.24, 2.45) is 28.3 Å². The standard InChI is InChI=1S/C49H68N10O8/c1-30(60)55-41(24-32-14-6-3-7-15-32)46(65)57-39-19-11-22-52-44(63)33(16-10-23-53-49(50)51)26-43(62)40(25-34-28-54-37-18-9-8-17-36(34)37)58-45(64)38(21-20-31-12-4-2-5-13-31)56-47(66)42-27-35(61)29-59(42)48(39)67/h3,6-9,14-15,17-18,28,31,33,35,38-42,54,61H,2,4-5,10-13,16,19-27,29H2,1H3,(H,52,63)(H,55,60)(H,56,66)(H,57,65)(H,58,64)(H4,50,51,53)/t33-,35-,38-,39+,40+,41+,42+/m1/s1. The van der Waals surface area contributed by atoms with Crippen molar-refractivity contribution in [3.63, 3.8) is 0 Å². The lowest BCUT2D eigenvalue weighted by Crippen LogP contribution is -2.59. The number of para-hydroxylation sites is 1. The van der Waals surface area contributed by atoms with Crippen LogP contribution in [0.3, 0.4) is 0 Å². The number of nitrogens with two attached hydrogens (primary N) is 2. The van der Waals surface area contributed by atoms with E-state index < -0.39 is 77.7 Å². The summed E-state index contributed by atoms with van der Waals surface area (Å²) >= 11 is 0. The van der Waals surface area contributed by atoms with Crippen LogP contribution in [0.15, 0.2) is 65.8 Å². The number of hydrogen-bond donors (Lipinski definition) is 9. The summed E-state index contributed by atoms with van der Waals surface area (Å²) in [5.41, 5.74) is 13.5. The van der Waals surface area contributed by atoms with E-state index in [9.17, 15) is 38.7 Å². The molecule has 3 fully saturated rings. The fourth-order valence-corrected chi connectivity index (χ4v) is 9.71. The van der Waals surface area contributed by atoms with Crippen LogP contribution in [-0.4, -0.2) is 118 Å². The van der Waals surface area contributed by atoms with Crippen molar-refractivity contribution < 1.29 is 38.7 Å². The Bertz CT molecular complexity index is 2220. The molecule has 18 nitrogen and oxygen atoms in total. The van der Waals surface area contributed by atoms with Gasteiger partial charge >= 0.3 is 0 Å². The van der Waals surface area contributed by atoms with Crippen LogP contribution >= 0.6 is 0 Å². The summed E-state index contributed by atoms with van der Waals surface area (Å²) in [5, 5.41) is 26.2. The molecule has 0 spiro atoms. The van der Waals surface area contributed by atoms with Gasteiger partial charge in [0, 0.05) is 75.3 Å². The number of benzene rings is 2. The predicted octanol–water partition coefficient (Wildman–Crippen LogP) is 1.77. The molecule has 1 saturated carbocycles. The number of H-pyrrole nitrogens is 1. The zero-order chi connectivity index (χ0) is 47.9. The van der Waals surface area contributed by atoms with Gasteiger partial charge in [0.1, 0.15) is 24.2 Å². The van der Waals surface area contributed by atoms with Gasteiger partial charge in [0.15, 0.2) is 11.7 Å². The summed E-state index contributed by atoms with van der Waals surface area (Å²) in [6.45, 7) is 1.36. The predicted molar refractivity (Wildman–Crippen MR) is 253 cm³/mol. The zero-order valence-corrected chi connectivity index (χ0v) is 38.5. The molecule has 3 aromatic rings. The van der Waals surface area contributed by atoms with Gasteiger partial charge in [0.2, 0.25) is 35.4 Å². The third-order valence-electron chi connectivity index (χ3n) is 13.3. The average molecular weight is 925 g/mol. The minimum Gasteiger partial charge on any atom is -0.391 e. The lowest BCUT2D eigenvalue weighted by molar-refractivity contribution is -0.143. The number of guanidine groups is 1. The fraction of sp³-hybridized carbons (Fsp3) is 0.551. The molecule has 3 heterocycles. The number of amides is 6. The van der Waals surface area contributed by atoms with E-state index in [-0.39, 0.29) is 82.7 Å². The summed E-state index contributed by atoms with van der Waals surface area (Å²) in [4.78, 5) is 107. The highest BCUT2D eigenvalue weighted by Gasteiger charge is 2.43. The number of fused-ring (bicyclic) bond motifs is 2. The number of hydrogen-bond acceptors (Lipinski definition) is 9. The first-order valence-corrected chi connectivity index (χ1v) is 23.9. The van der Waals surface area contributed by atoms with E-state index in [1.165, 1.54) is 11.8 Å². The number of aromatic nitrogens is 1. The summed E-state index contributed by atoms with van der Waals surface area (Å²) in [7, 11) is 0. The summed E-state index contributed by atoms with van der Waals surface area (Å²) in [6.07, 6.45) is 7.62. The average Bonchev–Trinajstić information content (AvgIpc) is 3.92. The Morgan fingerprint density at radius 2 is 1.60 bits per heavy atom. The van der Waals surface area contributed by atoms with Crippen molar-refractivity contribution in [2.45, 2.75) is 140 Å². The van der Waals surface area contributed by atoms with Gasteiger partial charge in [-0.1, -0.05) is 80.6 Å². The third kappa shape index (κ3) is 14.6. The normalized spacial score (nSPS) is 24.3. The lowest BCUT2D eigenvalue weighted by Gasteiger charge is -2.31. The van der Waals surface area contributed by atoms with E-state index in [4.69, 9.17) is 11.5 Å².